The Bertz CT molecular complexity index is 358. The van der Waals surface area contributed by atoms with E-state index in [1.165, 1.54) is 6.08 Å². The summed E-state index contributed by atoms with van der Waals surface area (Å²) in [6, 6.07) is 0. The summed E-state index contributed by atoms with van der Waals surface area (Å²) in [6.07, 6.45) is 0.507. The van der Waals surface area contributed by atoms with Crippen LogP contribution >= 0.6 is 0 Å². The molecule has 0 amide bonds. The van der Waals surface area contributed by atoms with Crippen molar-refractivity contribution in [1.29, 1.82) is 0 Å². The van der Waals surface area contributed by atoms with Gasteiger partial charge in [-0.3, -0.25) is 0 Å². The second-order valence-electron chi connectivity index (χ2n) is 5.74. The molecule has 0 fully saturated rings. The van der Waals surface area contributed by atoms with Gasteiger partial charge in [-0.15, -0.1) is 0 Å². The summed E-state index contributed by atoms with van der Waals surface area (Å²) < 4.78 is 22.0. The second-order valence-corrected chi connectivity index (χ2v) is 14.7. The molecule has 116 valence electrons. The number of carbonyl (C=O) groups is 1. The Morgan fingerprint density at radius 1 is 1.25 bits per heavy atom. The second kappa shape index (κ2) is 7.89. The van der Waals surface area contributed by atoms with E-state index in [9.17, 15) is 4.79 Å². The predicted molar refractivity (Wildman–Crippen MR) is 83.9 cm³/mol. The monoisotopic (exact) mass is 318 g/mol. The van der Waals surface area contributed by atoms with Gasteiger partial charge in [0, 0.05) is 33.5 Å². The fourth-order valence-corrected chi connectivity index (χ4v) is 9.06. The Labute approximate surface area is 123 Å². The van der Waals surface area contributed by atoms with Crippen molar-refractivity contribution in [2.24, 2.45) is 0 Å². The van der Waals surface area contributed by atoms with Gasteiger partial charge in [-0.2, -0.15) is 0 Å². The quantitative estimate of drug-likeness (QED) is 0.215. The molecule has 0 bridgehead atoms. The molecule has 5 nitrogen and oxygen atoms in total. The van der Waals surface area contributed by atoms with E-state index in [4.69, 9.17) is 18.0 Å². The van der Waals surface area contributed by atoms with Crippen molar-refractivity contribution < 1.29 is 22.8 Å². The highest BCUT2D eigenvalue weighted by Crippen LogP contribution is 2.24. The number of ether oxygens (including phenoxy) is 1. The van der Waals surface area contributed by atoms with Gasteiger partial charge in [-0.1, -0.05) is 32.8 Å². The first-order valence-electron chi connectivity index (χ1n) is 6.36. The van der Waals surface area contributed by atoms with Crippen molar-refractivity contribution in [1.82, 2.24) is 0 Å². The zero-order valence-electron chi connectivity index (χ0n) is 13.3. The molecule has 0 saturated heterocycles. The fraction of sp³-hybridized carbons (Fsp3) is 0.615. The van der Waals surface area contributed by atoms with Gasteiger partial charge >= 0.3 is 14.8 Å². The van der Waals surface area contributed by atoms with E-state index in [-0.39, 0.29) is 0 Å². The number of rotatable bonds is 9. The van der Waals surface area contributed by atoms with Crippen molar-refractivity contribution in [2.45, 2.75) is 38.5 Å². The lowest BCUT2D eigenvalue weighted by Crippen LogP contribution is -2.52. The molecule has 0 aliphatic rings. The minimum absolute atomic E-state index is 0.299. The number of carbonyl (C=O) groups excluding carboxylic acids is 1. The van der Waals surface area contributed by atoms with Gasteiger partial charge in [0.05, 0.1) is 0 Å². The van der Waals surface area contributed by atoms with Crippen LogP contribution in [-0.4, -0.2) is 43.4 Å². The minimum Gasteiger partial charge on any atom is -0.429 e. The van der Waals surface area contributed by atoms with Gasteiger partial charge in [0.15, 0.2) is 0 Å². The number of hydrogen-bond acceptors (Lipinski definition) is 5. The molecule has 0 aliphatic heterocycles. The van der Waals surface area contributed by atoms with Gasteiger partial charge in [-0.05, 0) is 13.0 Å². The van der Waals surface area contributed by atoms with Crippen LogP contribution in [0.1, 0.15) is 6.92 Å². The third-order valence-electron chi connectivity index (χ3n) is 2.43. The fourth-order valence-electron chi connectivity index (χ4n) is 1.52. The van der Waals surface area contributed by atoms with Crippen molar-refractivity contribution in [3.63, 3.8) is 0 Å². The maximum atomic E-state index is 11.6. The Morgan fingerprint density at radius 2 is 1.75 bits per heavy atom. The van der Waals surface area contributed by atoms with Gasteiger partial charge in [0.25, 0.3) is 0 Å². The molecule has 0 aromatic carbocycles. The molecule has 20 heavy (non-hydrogen) atoms. The Morgan fingerprint density at radius 3 is 2.05 bits per heavy atom. The Hall–Kier alpha value is -0.736. The van der Waals surface area contributed by atoms with E-state index in [2.05, 4.69) is 32.8 Å². The molecule has 0 rings (SSSR count). The molecule has 0 aromatic heterocycles. The standard InChI is InChI=1S/C13H26O5Si2/c1-9-12(17-13(14)11(2)3)18-20(15-4,16-5)10-19(6,7)8/h9,12H,1-2,10H2,3-8H3. The van der Waals surface area contributed by atoms with E-state index in [1.54, 1.807) is 21.1 Å². The molecule has 0 aromatic rings. The molecule has 0 heterocycles. The zero-order chi connectivity index (χ0) is 16.0. The lowest BCUT2D eigenvalue weighted by atomic mass is 10.4. The highest BCUT2D eigenvalue weighted by atomic mass is 28.4. The highest BCUT2D eigenvalue weighted by molar-refractivity contribution is 6.88. The average molecular weight is 319 g/mol. The van der Waals surface area contributed by atoms with Gasteiger partial charge in [0.1, 0.15) is 0 Å². The van der Waals surface area contributed by atoms with Crippen LogP contribution < -0.4 is 0 Å². The Balaban J connectivity index is 4.98. The first kappa shape index (κ1) is 19.3. The normalized spacial score (nSPS) is 13.7. The topological polar surface area (TPSA) is 54.0 Å². The van der Waals surface area contributed by atoms with Gasteiger partial charge in [-0.25, -0.2) is 4.79 Å². The van der Waals surface area contributed by atoms with Crippen LogP contribution in [0.25, 0.3) is 0 Å². The van der Waals surface area contributed by atoms with Crippen molar-refractivity contribution >= 4 is 22.8 Å². The van der Waals surface area contributed by atoms with E-state index >= 15 is 0 Å². The minimum atomic E-state index is -2.88. The number of esters is 1. The van der Waals surface area contributed by atoms with Crippen LogP contribution in [0.4, 0.5) is 0 Å². The molecule has 0 saturated carbocycles. The largest absolute Gasteiger partial charge is 0.500 e. The summed E-state index contributed by atoms with van der Waals surface area (Å²) in [5, 5.41) is 0. The molecular weight excluding hydrogens is 292 g/mol. The summed E-state index contributed by atoms with van der Waals surface area (Å²) in [5.41, 5.74) is 1.02. The predicted octanol–water partition coefficient (Wildman–Crippen LogP) is 2.74. The SMILES string of the molecule is C=CC(OC(=O)C(=C)C)O[Si](C[Si](C)(C)C)(OC)OC. The van der Waals surface area contributed by atoms with Crippen LogP contribution in [0.3, 0.4) is 0 Å². The lowest BCUT2D eigenvalue weighted by molar-refractivity contribution is -0.157. The summed E-state index contributed by atoms with van der Waals surface area (Å²) in [5.74, 6) is -0.530. The molecule has 1 unspecified atom stereocenters. The van der Waals surface area contributed by atoms with Crippen molar-refractivity contribution in [3.05, 3.63) is 24.8 Å². The molecular formula is C13H26O5Si2. The maximum Gasteiger partial charge on any atom is 0.500 e. The summed E-state index contributed by atoms with van der Waals surface area (Å²) in [7, 11) is -1.26. The molecule has 7 heteroatoms. The molecule has 0 aliphatic carbocycles. The van der Waals surface area contributed by atoms with Crippen LogP contribution in [0.5, 0.6) is 0 Å². The maximum absolute atomic E-state index is 11.6. The summed E-state index contributed by atoms with van der Waals surface area (Å²) in [4.78, 5) is 11.6. The molecule has 0 spiro atoms. The Kier molecular flexibility index (Phi) is 7.60. The summed E-state index contributed by atoms with van der Waals surface area (Å²) >= 11 is 0. The van der Waals surface area contributed by atoms with Crippen molar-refractivity contribution in [3.8, 4) is 0 Å². The zero-order valence-corrected chi connectivity index (χ0v) is 15.3. The van der Waals surface area contributed by atoms with E-state index in [0.29, 0.717) is 5.57 Å². The molecule has 1 atom stereocenters. The summed E-state index contributed by atoms with van der Waals surface area (Å²) in [6.45, 7) is 15.3. The van der Waals surface area contributed by atoms with Crippen LogP contribution in [-0.2, 0) is 22.8 Å². The van der Waals surface area contributed by atoms with Crippen molar-refractivity contribution in [2.75, 3.05) is 14.2 Å². The third-order valence-corrected chi connectivity index (χ3v) is 10.2. The van der Waals surface area contributed by atoms with Gasteiger partial charge < -0.3 is 18.0 Å². The first-order chi connectivity index (χ1) is 9.09. The smallest absolute Gasteiger partial charge is 0.429 e. The van der Waals surface area contributed by atoms with Gasteiger partial charge in [0.2, 0.25) is 6.29 Å². The van der Waals surface area contributed by atoms with E-state index in [1.807, 2.05) is 0 Å². The van der Waals surface area contributed by atoms with Crippen LogP contribution in [0.15, 0.2) is 24.8 Å². The van der Waals surface area contributed by atoms with Crippen LogP contribution in [0, 0.1) is 0 Å². The lowest BCUT2D eigenvalue weighted by Gasteiger charge is -2.33. The first-order valence-corrected chi connectivity index (χ1v) is 12.0. The molecule has 0 N–H and O–H groups in total. The van der Waals surface area contributed by atoms with E-state index in [0.717, 1.165) is 5.67 Å². The third kappa shape index (κ3) is 6.62. The average Bonchev–Trinajstić information content (AvgIpc) is 2.34. The highest BCUT2D eigenvalue weighted by Gasteiger charge is 2.45. The van der Waals surface area contributed by atoms with Crippen LogP contribution in [0.2, 0.25) is 25.3 Å². The number of hydrogen-bond donors (Lipinski definition) is 0. The molecule has 0 radical (unpaired) electrons. The van der Waals surface area contributed by atoms with E-state index < -0.39 is 29.1 Å².